The number of benzene rings is 7. The number of nitrogens with one attached hydrogen (secondary N) is 1. The Labute approximate surface area is 267 Å². The molecule has 7 aromatic carbocycles. The molecule has 2 aliphatic rings. The summed E-state index contributed by atoms with van der Waals surface area (Å²) in [7, 11) is 0.829. The second-order valence-electron chi connectivity index (χ2n) is 11.4. The highest BCUT2D eigenvalue weighted by molar-refractivity contribution is 7.99. The standard InChI is InChI=1S/C40H27BN2OS/c1-3-14-27(15-4-1)42-32-25-38-36(44-35-21-11-12-22-37(35)45-38)24-30(32)39-29-18-8-7-13-26(29)23-34-40(39)41-31-19-9-10-20-33(31)43(34)28-16-5-2-6-17-28/h1-25,41-42H. The van der Waals surface area contributed by atoms with Gasteiger partial charge in [-0.15, -0.1) is 0 Å². The molecule has 9 rings (SSSR count). The molecule has 0 aromatic heterocycles. The minimum atomic E-state index is 0.829. The molecule has 0 atom stereocenters. The van der Waals surface area contributed by atoms with E-state index in [1.54, 1.807) is 11.8 Å². The van der Waals surface area contributed by atoms with Crippen LogP contribution >= 0.6 is 11.8 Å². The molecule has 0 aliphatic carbocycles. The van der Waals surface area contributed by atoms with Crippen LogP contribution in [-0.2, 0) is 0 Å². The van der Waals surface area contributed by atoms with Crippen molar-refractivity contribution in [3.63, 3.8) is 0 Å². The number of rotatable bonds is 4. The molecule has 0 spiro atoms. The van der Waals surface area contributed by atoms with Gasteiger partial charge in [0.05, 0.1) is 9.79 Å². The Kier molecular flexibility index (Phi) is 6.17. The number of fused-ring (bicyclic) bond motifs is 5. The minimum absolute atomic E-state index is 0.829. The largest absolute Gasteiger partial charge is 0.455 e. The van der Waals surface area contributed by atoms with Gasteiger partial charge in [-0.1, -0.05) is 108 Å². The van der Waals surface area contributed by atoms with Crippen LogP contribution in [0.4, 0.5) is 28.4 Å². The molecule has 0 radical (unpaired) electrons. The van der Waals surface area contributed by atoms with E-state index >= 15 is 0 Å². The fraction of sp³-hybridized carbons (Fsp3) is 0. The molecular weight excluding hydrogens is 567 g/mol. The van der Waals surface area contributed by atoms with Gasteiger partial charge in [-0.25, -0.2) is 0 Å². The summed E-state index contributed by atoms with van der Waals surface area (Å²) in [5.41, 5.74) is 10.6. The molecule has 0 saturated heterocycles. The topological polar surface area (TPSA) is 24.5 Å². The summed E-state index contributed by atoms with van der Waals surface area (Å²) in [6, 6.07) is 53.9. The number of nitrogens with zero attached hydrogens (tertiary/aromatic N) is 1. The highest BCUT2D eigenvalue weighted by Crippen LogP contribution is 2.51. The van der Waals surface area contributed by atoms with Crippen molar-refractivity contribution in [3.05, 3.63) is 152 Å². The lowest BCUT2D eigenvalue weighted by Gasteiger charge is -2.35. The normalized spacial score (nSPS) is 12.7. The summed E-state index contributed by atoms with van der Waals surface area (Å²) in [6.45, 7) is 0. The van der Waals surface area contributed by atoms with E-state index in [-0.39, 0.29) is 0 Å². The van der Waals surface area contributed by atoms with Crippen molar-refractivity contribution in [2.75, 3.05) is 10.2 Å². The van der Waals surface area contributed by atoms with Gasteiger partial charge in [0, 0.05) is 34.0 Å². The van der Waals surface area contributed by atoms with Crippen LogP contribution in [0.25, 0.3) is 21.9 Å². The van der Waals surface area contributed by atoms with E-state index in [9.17, 15) is 0 Å². The van der Waals surface area contributed by atoms with Crippen molar-refractivity contribution >= 4 is 69.2 Å². The molecule has 1 N–H and O–H groups in total. The maximum absolute atomic E-state index is 6.59. The molecule has 7 aromatic rings. The van der Waals surface area contributed by atoms with Gasteiger partial charge < -0.3 is 15.0 Å². The van der Waals surface area contributed by atoms with Crippen LogP contribution in [0, 0.1) is 0 Å². The molecule has 2 heterocycles. The predicted molar refractivity (Wildman–Crippen MR) is 191 cm³/mol. The lowest BCUT2D eigenvalue weighted by molar-refractivity contribution is 0.455. The number of hydrogen-bond donors (Lipinski definition) is 1. The van der Waals surface area contributed by atoms with E-state index in [4.69, 9.17) is 4.74 Å². The Hall–Kier alpha value is -5.39. The van der Waals surface area contributed by atoms with Gasteiger partial charge in [0.2, 0.25) is 0 Å². The lowest BCUT2D eigenvalue weighted by Crippen LogP contribution is -2.41. The fourth-order valence-electron chi connectivity index (χ4n) is 6.68. The van der Waals surface area contributed by atoms with Gasteiger partial charge in [-0.2, -0.15) is 0 Å². The van der Waals surface area contributed by atoms with Crippen LogP contribution in [0.15, 0.2) is 161 Å². The molecule has 0 amide bonds. The van der Waals surface area contributed by atoms with Crippen LogP contribution in [0.3, 0.4) is 0 Å². The zero-order valence-corrected chi connectivity index (χ0v) is 25.2. The molecule has 0 bridgehead atoms. The predicted octanol–water partition coefficient (Wildman–Crippen LogP) is 9.68. The van der Waals surface area contributed by atoms with Gasteiger partial charge in [-0.3, -0.25) is 0 Å². The first kappa shape index (κ1) is 26.1. The number of hydrogen-bond acceptors (Lipinski definition) is 4. The van der Waals surface area contributed by atoms with Crippen molar-refractivity contribution in [3.8, 4) is 22.6 Å². The van der Waals surface area contributed by atoms with E-state index in [0.29, 0.717) is 0 Å². The van der Waals surface area contributed by atoms with E-state index in [0.717, 1.165) is 51.2 Å². The molecular formula is C40H27BN2OS. The van der Waals surface area contributed by atoms with E-state index in [2.05, 4.69) is 156 Å². The molecule has 2 aliphatic heterocycles. The third-order valence-electron chi connectivity index (χ3n) is 8.68. The number of anilines is 5. The monoisotopic (exact) mass is 594 g/mol. The quantitative estimate of drug-likeness (QED) is 0.205. The molecule has 5 heteroatoms. The second-order valence-corrected chi connectivity index (χ2v) is 12.5. The third-order valence-corrected chi connectivity index (χ3v) is 9.78. The van der Waals surface area contributed by atoms with Crippen LogP contribution in [-0.4, -0.2) is 7.28 Å². The number of ether oxygens (including phenoxy) is 1. The average molecular weight is 595 g/mol. The summed E-state index contributed by atoms with van der Waals surface area (Å²) < 4.78 is 6.59. The summed E-state index contributed by atoms with van der Waals surface area (Å²) >= 11 is 1.76. The molecule has 0 saturated carbocycles. The minimum Gasteiger partial charge on any atom is -0.455 e. The van der Waals surface area contributed by atoms with Crippen molar-refractivity contribution in [1.29, 1.82) is 0 Å². The van der Waals surface area contributed by atoms with Gasteiger partial charge >= 0.3 is 0 Å². The van der Waals surface area contributed by atoms with Gasteiger partial charge in [-0.05, 0) is 82.5 Å². The molecule has 45 heavy (non-hydrogen) atoms. The maximum Gasteiger partial charge on any atom is 0.198 e. The summed E-state index contributed by atoms with van der Waals surface area (Å²) in [6.07, 6.45) is 0. The SMILES string of the molecule is B1c2ccccc2N(c2ccccc2)c2cc3ccccc3c(-c3cc4c(cc3Nc3ccccc3)Sc3ccccc3O4)c21. The summed E-state index contributed by atoms with van der Waals surface area (Å²) in [4.78, 5) is 4.65. The first-order chi connectivity index (χ1) is 22.3. The van der Waals surface area contributed by atoms with E-state index in [1.165, 1.54) is 38.6 Å². The Morgan fingerprint density at radius 1 is 0.600 bits per heavy atom. The van der Waals surface area contributed by atoms with Crippen LogP contribution < -0.4 is 25.9 Å². The van der Waals surface area contributed by atoms with Crippen LogP contribution in [0.1, 0.15) is 0 Å². The zero-order valence-electron chi connectivity index (χ0n) is 24.4. The van der Waals surface area contributed by atoms with Crippen molar-refractivity contribution < 1.29 is 4.74 Å². The summed E-state index contributed by atoms with van der Waals surface area (Å²) in [5, 5.41) is 6.23. The van der Waals surface area contributed by atoms with Crippen molar-refractivity contribution in [1.82, 2.24) is 0 Å². The Bertz CT molecular complexity index is 2240. The smallest absolute Gasteiger partial charge is 0.198 e. The highest BCUT2D eigenvalue weighted by atomic mass is 32.2. The highest BCUT2D eigenvalue weighted by Gasteiger charge is 2.30. The zero-order chi connectivity index (χ0) is 29.7. The molecule has 212 valence electrons. The Morgan fingerprint density at radius 3 is 2.22 bits per heavy atom. The third kappa shape index (κ3) is 4.47. The average Bonchev–Trinajstić information content (AvgIpc) is 3.09. The van der Waals surface area contributed by atoms with Crippen LogP contribution in [0.5, 0.6) is 11.5 Å². The van der Waals surface area contributed by atoms with E-state index < -0.39 is 0 Å². The van der Waals surface area contributed by atoms with E-state index in [1.807, 2.05) is 6.07 Å². The van der Waals surface area contributed by atoms with Crippen molar-refractivity contribution in [2.24, 2.45) is 0 Å². The second kappa shape index (κ2) is 10.7. The fourth-order valence-corrected chi connectivity index (χ4v) is 7.65. The first-order valence-electron chi connectivity index (χ1n) is 15.2. The van der Waals surface area contributed by atoms with Crippen molar-refractivity contribution in [2.45, 2.75) is 9.79 Å². The lowest BCUT2D eigenvalue weighted by atomic mass is 9.57. The Balaban J connectivity index is 1.34. The maximum atomic E-state index is 6.59. The Morgan fingerprint density at radius 2 is 1.33 bits per heavy atom. The number of para-hydroxylation sites is 4. The van der Waals surface area contributed by atoms with Gasteiger partial charge in [0.25, 0.3) is 0 Å². The first-order valence-corrected chi connectivity index (χ1v) is 16.0. The van der Waals surface area contributed by atoms with Crippen LogP contribution in [0.2, 0.25) is 0 Å². The van der Waals surface area contributed by atoms with Gasteiger partial charge in [0.15, 0.2) is 7.28 Å². The molecule has 0 unspecified atom stereocenters. The summed E-state index contributed by atoms with van der Waals surface area (Å²) in [5.74, 6) is 1.78. The molecule has 0 fully saturated rings. The molecule has 3 nitrogen and oxygen atoms in total. The van der Waals surface area contributed by atoms with Gasteiger partial charge in [0.1, 0.15) is 11.5 Å².